The van der Waals surface area contributed by atoms with Gasteiger partial charge in [0.15, 0.2) is 0 Å². The standard InChI is InChI=1S/C17H27N.ClH/c1-15(10-13-18(2)3)14-17(11-7-12-17)16-8-5-4-6-9-16;/h4-6,8-9,15H,7,10-14H2,1-3H3;1H. The Labute approximate surface area is 124 Å². The molecule has 1 fully saturated rings. The fraction of sp³-hybridized carbons (Fsp3) is 0.647. The molecule has 1 aromatic carbocycles. The Morgan fingerprint density at radius 1 is 1.16 bits per heavy atom. The molecule has 1 nitrogen and oxygen atoms in total. The second kappa shape index (κ2) is 7.31. The molecule has 0 amide bonds. The van der Waals surface area contributed by atoms with Crippen LogP contribution in [-0.2, 0) is 5.41 Å². The van der Waals surface area contributed by atoms with E-state index in [-0.39, 0.29) is 12.4 Å². The summed E-state index contributed by atoms with van der Waals surface area (Å²) in [5, 5.41) is 0. The van der Waals surface area contributed by atoms with Gasteiger partial charge in [-0.3, -0.25) is 0 Å². The van der Waals surface area contributed by atoms with E-state index in [0.717, 1.165) is 5.92 Å². The van der Waals surface area contributed by atoms with Crippen molar-refractivity contribution in [3.05, 3.63) is 35.9 Å². The minimum Gasteiger partial charge on any atom is -0.309 e. The number of nitrogens with zero attached hydrogens (tertiary/aromatic N) is 1. The molecule has 0 radical (unpaired) electrons. The van der Waals surface area contributed by atoms with Crippen LogP contribution in [0.3, 0.4) is 0 Å². The number of hydrogen-bond acceptors (Lipinski definition) is 1. The largest absolute Gasteiger partial charge is 0.309 e. The van der Waals surface area contributed by atoms with Crippen LogP contribution in [0.2, 0.25) is 0 Å². The molecule has 1 unspecified atom stereocenters. The predicted octanol–water partition coefficient (Wildman–Crippen LogP) is 4.51. The molecule has 19 heavy (non-hydrogen) atoms. The number of hydrogen-bond donors (Lipinski definition) is 0. The van der Waals surface area contributed by atoms with Gasteiger partial charge in [-0.05, 0) is 63.2 Å². The summed E-state index contributed by atoms with van der Waals surface area (Å²) in [6, 6.07) is 11.2. The fourth-order valence-corrected chi connectivity index (χ4v) is 3.25. The van der Waals surface area contributed by atoms with Crippen LogP contribution in [0.25, 0.3) is 0 Å². The van der Waals surface area contributed by atoms with Crippen molar-refractivity contribution in [1.82, 2.24) is 4.90 Å². The lowest BCUT2D eigenvalue weighted by Crippen LogP contribution is -2.36. The van der Waals surface area contributed by atoms with Gasteiger partial charge in [0.2, 0.25) is 0 Å². The third-order valence-corrected chi connectivity index (χ3v) is 4.51. The molecule has 1 atom stereocenters. The molecular formula is C17H28ClN. The van der Waals surface area contributed by atoms with Crippen LogP contribution in [0.5, 0.6) is 0 Å². The second-order valence-electron chi connectivity index (χ2n) is 6.40. The molecular weight excluding hydrogens is 254 g/mol. The third kappa shape index (κ3) is 4.22. The Balaban J connectivity index is 0.00000180. The van der Waals surface area contributed by atoms with Crippen molar-refractivity contribution in [2.24, 2.45) is 5.92 Å². The van der Waals surface area contributed by atoms with E-state index in [1.807, 2.05) is 0 Å². The number of benzene rings is 1. The molecule has 0 spiro atoms. The fourth-order valence-electron chi connectivity index (χ4n) is 3.25. The average molecular weight is 282 g/mol. The van der Waals surface area contributed by atoms with Crippen molar-refractivity contribution in [3.8, 4) is 0 Å². The van der Waals surface area contributed by atoms with Gasteiger partial charge in [0.25, 0.3) is 0 Å². The Kier molecular flexibility index (Phi) is 6.35. The van der Waals surface area contributed by atoms with Crippen molar-refractivity contribution in [1.29, 1.82) is 0 Å². The Bertz CT molecular complexity index is 357. The summed E-state index contributed by atoms with van der Waals surface area (Å²) in [5.74, 6) is 0.827. The van der Waals surface area contributed by atoms with Crippen LogP contribution in [0, 0.1) is 5.92 Å². The van der Waals surface area contributed by atoms with E-state index in [9.17, 15) is 0 Å². The Morgan fingerprint density at radius 3 is 2.26 bits per heavy atom. The first-order chi connectivity index (χ1) is 8.62. The highest BCUT2D eigenvalue weighted by atomic mass is 35.5. The smallest absolute Gasteiger partial charge is 0.00223 e. The van der Waals surface area contributed by atoms with Crippen molar-refractivity contribution in [2.45, 2.75) is 44.4 Å². The van der Waals surface area contributed by atoms with Crippen molar-refractivity contribution >= 4 is 12.4 Å². The van der Waals surface area contributed by atoms with Gasteiger partial charge in [-0.1, -0.05) is 43.7 Å². The molecule has 108 valence electrons. The molecule has 0 saturated heterocycles. The van der Waals surface area contributed by atoms with E-state index in [2.05, 4.69) is 56.3 Å². The molecule has 0 N–H and O–H groups in total. The van der Waals surface area contributed by atoms with Gasteiger partial charge in [-0.2, -0.15) is 0 Å². The minimum absolute atomic E-state index is 0. The second-order valence-corrected chi connectivity index (χ2v) is 6.40. The van der Waals surface area contributed by atoms with Gasteiger partial charge in [0.05, 0.1) is 0 Å². The molecule has 0 aromatic heterocycles. The van der Waals surface area contributed by atoms with E-state index >= 15 is 0 Å². The molecule has 1 saturated carbocycles. The number of rotatable bonds is 6. The maximum atomic E-state index is 2.42. The molecule has 2 rings (SSSR count). The topological polar surface area (TPSA) is 3.24 Å². The number of halogens is 1. The van der Waals surface area contributed by atoms with Crippen LogP contribution in [-0.4, -0.2) is 25.5 Å². The van der Waals surface area contributed by atoms with Gasteiger partial charge >= 0.3 is 0 Å². The highest BCUT2D eigenvalue weighted by Crippen LogP contribution is 2.48. The Hall–Kier alpha value is -0.530. The van der Waals surface area contributed by atoms with Gasteiger partial charge in [0.1, 0.15) is 0 Å². The molecule has 1 aliphatic rings. The van der Waals surface area contributed by atoms with Crippen molar-refractivity contribution in [3.63, 3.8) is 0 Å². The minimum atomic E-state index is 0. The van der Waals surface area contributed by atoms with Crippen LogP contribution < -0.4 is 0 Å². The molecule has 0 heterocycles. The average Bonchev–Trinajstić information content (AvgIpc) is 2.32. The normalized spacial score (nSPS) is 18.5. The summed E-state index contributed by atoms with van der Waals surface area (Å²) in [6.07, 6.45) is 6.88. The van der Waals surface area contributed by atoms with Gasteiger partial charge in [0, 0.05) is 0 Å². The summed E-state index contributed by atoms with van der Waals surface area (Å²) in [6.45, 7) is 3.64. The first-order valence-corrected chi connectivity index (χ1v) is 7.33. The van der Waals surface area contributed by atoms with Crippen LogP contribution in [0.15, 0.2) is 30.3 Å². The van der Waals surface area contributed by atoms with E-state index in [1.165, 1.54) is 38.6 Å². The summed E-state index contributed by atoms with van der Waals surface area (Å²) < 4.78 is 0. The highest BCUT2D eigenvalue weighted by Gasteiger charge is 2.39. The first-order valence-electron chi connectivity index (χ1n) is 7.33. The van der Waals surface area contributed by atoms with Crippen molar-refractivity contribution in [2.75, 3.05) is 20.6 Å². The van der Waals surface area contributed by atoms with Crippen LogP contribution in [0.1, 0.15) is 44.6 Å². The van der Waals surface area contributed by atoms with Gasteiger partial charge in [-0.25, -0.2) is 0 Å². The molecule has 1 aliphatic carbocycles. The van der Waals surface area contributed by atoms with Gasteiger partial charge < -0.3 is 4.90 Å². The molecule has 1 aromatic rings. The quantitative estimate of drug-likeness (QED) is 0.742. The zero-order valence-corrected chi connectivity index (χ0v) is 13.4. The lowest BCUT2D eigenvalue weighted by molar-refractivity contribution is 0.185. The molecule has 0 bridgehead atoms. The van der Waals surface area contributed by atoms with E-state index in [4.69, 9.17) is 0 Å². The summed E-state index contributed by atoms with van der Waals surface area (Å²) in [4.78, 5) is 2.30. The summed E-state index contributed by atoms with van der Waals surface area (Å²) >= 11 is 0. The molecule has 0 aliphatic heterocycles. The first kappa shape index (κ1) is 16.5. The molecule has 2 heteroatoms. The maximum Gasteiger partial charge on any atom is -0.00223 e. The van der Waals surface area contributed by atoms with E-state index < -0.39 is 0 Å². The Morgan fingerprint density at radius 2 is 1.79 bits per heavy atom. The van der Waals surface area contributed by atoms with Crippen LogP contribution in [0.4, 0.5) is 0 Å². The van der Waals surface area contributed by atoms with Crippen LogP contribution >= 0.6 is 12.4 Å². The zero-order valence-electron chi connectivity index (χ0n) is 12.6. The maximum absolute atomic E-state index is 2.42. The lowest BCUT2D eigenvalue weighted by Gasteiger charge is -2.44. The predicted molar refractivity (Wildman–Crippen MR) is 86.2 cm³/mol. The van der Waals surface area contributed by atoms with Gasteiger partial charge in [-0.15, -0.1) is 12.4 Å². The lowest BCUT2D eigenvalue weighted by atomic mass is 9.60. The monoisotopic (exact) mass is 281 g/mol. The summed E-state index contributed by atoms with van der Waals surface area (Å²) in [7, 11) is 4.34. The van der Waals surface area contributed by atoms with E-state index in [0.29, 0.717) is 5.41 Å². The third-order valence-electron chi connectivity index (χ3n) is 4.51. The zero-order chi connectivity index (χ0) is 13.0. The van der Waals surface area contributed by atoms with Crippen molar-refractivity contribution < 1.29 is 0 Å². The summed E-state index contributed by atoms with van der Waals surface area (Å²) in [5.41, 5.74) is 2.08. The highest BCUT2D eigenvalue weighted by molar-refractivity contribution is 5.85. The SMILES string of the molecule is CC(CCN(C)C)CC1(c2ccccc2)CCC1.Cl. The van der Waals surface area contributed by atoms with E-state index in [1.54, 1.807) is 5.56 Å².